The lowest BCUT2D eigenvalue weighted by atomic mass is 10.2. The molecule has 5 nitrogen and oxygen atoms in total. The van der Waals surface area contributed by atoms with Crippen molar-refractivity contribution in [3.63, 3.8) is 0 Å². The number of carbonyl (C=O) groups excluding carboxylic acids is 1. The molecule has 2 aromatic heterocycles. The van der Waals surface area contributed by atoms with E-state index in [4.69, 9.17) is 0 Å². The third-order valence-corrected chi connectivity index (χ3v) is 4.27. The summed E-state index contributed by atoms with van der Waals surface area (Å²) in [5.41, 5.74) is 0. The quantitative estimate of drug-likeness (QED) is 0.933. The van der Waals surface area contributed by atoms with Gasteiger partial charge in [-0.3, -0.25) is 4.79 Å². The van der Waals surface area contributed by atoms with Crippen LogP contribution >= 0.6 is 11.3 Å². The van der Waals surface area contributed by atoms with Crippen LogP contribution in [0.15, 0.2) is 17.8 Å². The highest BCUT2D eigenvalue weighted by Crippen LogP contribution is 2.25. The van der Waals surface area contributed by atoms with E-state index in [1.54, 1.807) is 17.7 Å². The Bertz CT molecular complexity index is 597. The van der Waals surface area contributed by atoms with Gasteiger partial charge >= 0.3 is 0 Å². The highest BCUT2D eigenvalue weighted by molar-refractivity contribution is 7.16. The lowest BCUT2D eigenvalue weighted by molar-refractivity contribution is -0.129. The van der Waals surface area contributed by atoms with E-state index in [1.807, 2.05) is 23.3 Å². The molecule has 0 aliphatic carbocycles. The maximum absolute atomic E-state index is 11.7. The second-order valence-electron chi connectivity index (χ2n) is 4.68. The van der Waals surface area contributed by atoms with Gasteiger partial charge < -0.3 is 10.2 Å². The van der Waals surface area contributed by atoms with Crippen molar-refractivity contribution in [3.8, 4) is 0 Å². The van der Waals surface area contributed by atoms with Gasteiger partial charge in [-0.15, -0.1) is 11.3 Å². The van der Waals surface area contributed by atoms with Gasteiger partial charge in [-0.1, -0.05) is 6.92 Å². The molecule has 0 spiro atoms. The fourth-order valence-corrected chi connectivity index (χ4v) is 3.16. The summed E-state index contributed by atoms with van der Waals surface area (Å²) in [6.07, 6.45) is 3.14. The maximum Gasteiger partial charge on any atom is 0.222 e. The third kappa shape index (κ3) is 2.40. The smallest absolute Gasteiger partial charge is 0.222 e. The van der Waals surface area contributed by atoms with Crippen LogP contribution in [-0.2, 0) is 4.79 Å². The van der Waals surface area contributed by atoms with Crippen molar-refractivity contribution in [1.29, 1.82) is 0 Å². The van der Waals surface area contributed by atoms with Crippen LogP contribution in [0, 0.1) is 0 Å². The van der Waals surface area contributed by atoms with Gasteiger partial charge in [0, 0.05) is 25.6 Å². The number of thiophene rings is 1. The molecule has 0 saturated carbocycles. The number of nitrogens with one attached hydrogen (secondary N) is 1. The first kappa shape index (κ1) is 12.3. The molecule has 1 saturated heterocycles. The van der Waals surface area contributed by atoms with Crippen molar-refractivity contribution >= 4 is 33.3 Å². The zero-order valence-electron chi connectivity index (χ0n) is 10.8. The Kier molecular flexibility index (Phi) is 3.33. The molecule has 100 valence electrons. The molecule has 3 rings (SSSR count). The van der Waals surface area contributed by atoms with E-state index in [9.17, 15) is 4.79 Å². The minimum atomic E-state index is 0.229. The summed E-state index contributed by atoms with van der Waals surface area (Å²) in [4.78, 5) is 23.1. The number of likely N-dealkylation sites (tertiary alicyclic amines) is 1. The van der Waals surface area contributed by atoms with E-state index >= 15 is 0 Å². The number of rotatable bonds is 3. The summed E-state index contributed by atoms with van der Waals surface area (Å²) in [7, 11) is 0. The zero-order chi connectivity index (χ0) is 13.2. The molecule has 0 aromatic carbocycles. The highest BCUT2D eigenvalue weighted by atomic mass is 32.1. The van der Waals surface area contributed by atoms with E-state index in [0.717, 1.165) is 35.5 Å². The minimum Gasteiger partial charge on any atom is -0.365 e. The van der Waals surface area contributed by atoms with Gasteiger partial charge in [0.05, 0.1) is 5.39 Å². The number of nitrogens with zero attached hydrogens (tertiary/aromatic N) is 3. The highest BCUT2D eigenvalue weighted by Gasteiger charge is 2.25. The SMILES string of the molecule is CCC(=O)N1CCC(Nc2ncnc3sccc23)C1. The third-order valence-electron chi connectivity index (χ3n) is 3.45. The number of carbonyl (C=O) groups is 1. The van der Waals surface area contributed by atoms with Gasteiger partial charge in [0.25, 0.3) is 0 Å². The summed E-state index contributed by atoms with van der Waals surface area (Å²) in [5, 5.41) is 6.52. The fourth-order valence-electron chi connectivity index (χ4n) is 2.43. The van der Waals surface area contributed by atoms with Crippen LogP contribution < -0.4 is 5.32 Å². The molecule has 1 fully saturated rings. The predicted molar refractivity (Wildman–Crippen MR) is 76.3 cm³/mol. The second-order valence-corrected chi connectivity index (χ2v) is 5.58. The predicted octanol–water partition coefficient (Wildman–Crippen LogP) is 2.11. The van der Waals surface area contributed by atoms with E-state index in [-0.39, 0.29) is 11.9 Å². The molecule has 1 unspecified atom stereocenters. The first-order valence-corrected chi connectivity index (χ1v) is 7.38. The molecular formula is C13H16N4OS. The van der Waals surface area contributed by atoms with Crippen molar-refractivity contribution < 1.29 is 4.79 Å². The number of aromatic nitrogens is 2. The van der Waals surface area contributed by atoms with Crippen LogP contribution in [0.2, 0.25) is 0 Å². The summed E-state index contributed by atoms with van der Waals surface area (Å²) >= 11 is 1.61. The van der Waals surface area contributed by atoms with Crippen LogP contribution in [0.25, 0.3) is 10.2 Å². The Morgan fingerprint density at radius 3 is 3.32 bits per heavy atom. The van der Waals surface area contributed by atoms with Crippen molar-refractivity contribution in [2.45, 2.75) is 25.8 Å². The van der Waals surface area contributed by atoms with Gasteiger partial charge in [-0.05, 0) is 17.9 Å². The lowest BCUT2D eigenvalue weighted by Gasteiger charge is -2.16. The number of amides is 1. The summed E-state index contributed by atoms with van der Waals surface area (Å²) in [6.45, 7) is 3.51. The average Bonchev–Trinajstić information content (AvgIpc) is 3.07. The number of anilines is 1. The largest absolute Gasteiger partial charge is 0.365 e. The van der Waals surface area contributed by atoms with Crippen LogP contribution in [0.3, 0.4) is 0 Å². The molecule has 1 aliphatic heterocycles. The molecule has 1 amide bonds. The molecule has 0 bridgehead atoms. The molecule has 6 heteroatoms. The zero-order valence-corrected chi connectivity index (χ0v) is 11.6. The van der Waals surface area contributed by atoms with Gasteiger partial charge in [-0.25, -0.2) is 9.97 Å². The van der Waals surface area contributed by atoms with Gasteiger partial charge in [0.15, 0.2) is 0 Å². The Labute approximate surface area is 115 Å². The van der Waals surface area contributed by atoms with Gasteiger partial charge in [0.1, 0.15) is 17.0 Å². The average molecular weight is 276 g/mol. The minimum absolute atomic E-state index is 0.229. The first-order valence-electron chi connectivity index (χ1n) is 6.50. The van der Waals surface area contributed by atoms with Gasteiger partial charge in [0.2, 0.25) is 5.91 Å². The van der Waals surface area contributed by atoms with E-state index < -0.39 is 0 Å². The number of fused-ring (bicyclic) bond motifs is 1. The van der Waals surface area contributed by atoms with E-state index in [2.05, 4.69) is 15.3 Å². The fraction of sp³-hybridized carbons (Fsp3) is 0.462. The van der Waals surface area contributed by atoms with E-state index in [1.165, 1.54) is 0 Å². The maximum atomic E-state index is 11.7. The summed E-state index contributed by atoms with van der Waals surface area (Å²) in [6, 6.07) is 2.32. The standard InChI is InChI=1S/C13H16N4OS/c1-2-11(18)17-5-3-9(7-17)16-12-10-4-6-19-13(10)15-8-14-12/h4,6,8-9H,2-3,5,7H2,1H3,(H,14,15,16). The van der Waals surface area contributed by atoms with Crippen molar-refractivity contribution in [2.75, 3.05) is 18.4 Å². The normalized spacial score (nSPS) is 19.0. The molecular weight excluding hydrogens is 260 g/mol. The lowest BCUT2D eigenvalue weighted by Crippen LogP contribution is -2.31. The topological polar surface area (TPSA) is 58.1 Å². The molecule has 1 atom stereocenters. The second kappa shape index (κ2) is 5.13. The molecule has 3 heterocycles. The Morgan fingerprint density at radius 2 is 2.47 bits per heavy atom. The Morgan fingerprint density at radius 1 is 1.58 bits per heavy atom. The molecule has 2 aromatic rings. The number of hydrogen-bond donors (Lipinski definition) is 1. The molecule has 19 heavy (non-hydrogen) atoms. The van der Waals surface area contributed by atoms with Gasteiger partial charge in [-0.2, -0.15) is 0 Å². The van der Waals surface area contributed by atoms with Crippen LogP contribution in [0.4, 0.5) is 5.82 Å². The molecule has 1 N–H and O–H groups in total. The van der Waals surface area contributed by atoms with Crippen molar-refractivity contribution in [3.05, 3.63) is 17.8 Å². The van der Waals surface area contributed by atoms with Crippen molar-refractivity contribution in [2.24, 2.45) is 0 Å². The monoisotopic (exact) mass is 276 g/mol. The molecule has 0 radical (unpaired) electrons. The summed E-state index contributed by atoms with van der Waals surface area (Å²) in [5.74, 6) is 1.11. The Balaban J connectivity index is 1.73. The molecule has 1 aliphatic rings. The Hall–Kier alpha value is -1.69. The number of hydrogen-bond acceptors (Lipinski definition) is 5. The summed E-state index contributed by atoms with van der Waals surface area (Å²) < 4.78 is 0. The van der Waals surface area contributed by atoms with Crippen LogP contribution in [0.5, 0.6) is 0 Å². The van der Waals surface area contributed by atoms with Crippen LogP contribution in [-0.4, -0.2) is 39.9 Å². The van der Waals surface area contributed by atoms with E-state index in [0.29, 0.717) is 6.42 Å². The van der Waals surface area contributed by atoms with Crippen LogP contribution in [0.1, 0.15) is 19.8 Å². The first-order chi connectivity index (χ1) is 9.28. The van der Waals surface area contributed by atoms with Crippen molar-refractivity contribution in [1.82, 2.24) is 14.9 Å².